The van der Waals surface area contributed by atoms with E-state index in [0.717, 1.165) is 12.2 Å². The van der Waals surface area contributed by atoms with E-state index >= 15 is 0 Å². The van der Waals surface area contributed by atoms with E-state index in [1.807, 2.05) is 24.3 Å². The molecule has 0 atom stereocenters. The van der Waals surface area contributed by atoms with Crippen LogP contribution in [0.4, 0.5) is 0 Å². The lowest BCUT2D eigenvalue weighted by molar-refractivity contribution is 0.460. The Morgan fingerprint density at radius 2 is 1.88 bits per heavy atom. The van der Waals surface area contributed by atoms with Gasteiger partial charge in [-0.2, -0.15) is 0 Å². The number of aromatic nitrogens is 2. The standard InChI is InChI=1S/C12H11ClN2O/c1-2-9-3-5-10(6-4-9)16-12-8-14-11(13)7-15-12/h3-8H,2H2,1H3. The first-order chi connectivity index (χ1) is 7.78. The smallest absolute Gasteiger partial charge is 0.237 e. The minimum Gasteiger partial charge on any atom is -0.438 e. The van der Waals surface area contributed by atoms with E-state index in [-0.39, 0.29) is 0 Å². The summed E-state index contributed by atoms with van der Waals surface area (Å²) < 4.78 is 5.50. The molecule has 16 heavy (non-hydrogen) atoms. The second kappa shape index (κ2) is 4.94. The average molecular weight is 235 g/mol. The summed E-state index contributed by atoms with van der Waals surface area (Å²) >= 11 is 5.63. The van der Waals surface area contributed by atoms with Crippen molar-refractivity contribution in [2.75, 3.05) is 0 Å². The highest BCUT2D eigenvalue weighted by molar-refractivity contribution is 6.29. The van der Waals surface area contributed by atoms with Gasteiger partial charge in [-0.15, -0.1) is 0 Å². The van der Waals surface area contributed by atoms with E-state index in [0.29, 0.717) is 11.0 Å². The van der Waals surface area contributed by atoms with Gasteiger partial charge in [-0.05, 0) is 24.1 Å². The molecule has 1 heterocycles. The van der Waals surface area contributed by atoms with E-state index in [1.165, 1.54) is 18.0 Å². The summed E-state index contributed by atoms with van der Waals surface area (Å²) in [6.45, 7) is 2.11. The molecule has 0 saturated carbocycles. The van der Waals surface area contributed by atoms with Crippen molar-refractivity contribution in [1.82, 2.24) is 9.97 Å². The Kier molecular flexibility index (Phi) is 3.37. The summed E-state index contributed by atoms with van der Waals surface area (Å²) in [5.41, 5.74) is 1.27. The van der Waals surface area contributed by atoms with Gasteiger partial charge >= 0.3 is 0 Å². The fourth-order valence-electron chi connectivity index (χ4n) is 1.27. The first kappa shape index (κ1) is 10.9. The van der Waals surface area contributed by atoms with Gasteiger partial charge in [-0.3, -0.25) is 0 Å². The zero-order chi connectivity index (χ0) is 11.4. The molecule has 4 heteroatoms. The topological polar surface area (TPSA) is 35.0 Å². The summed E-state index contributed by atoms with van der Waals surface area (Å²) in [6, 6.07) is 7.88. The predicted octanol–water partition coefficient (Wildman–Crippen LogP) is 3.48. The van der Waals surface area contributed by atoms with E-state index in [2.05, 4.69) is 16.9 Å². The molecule has 2 rings (SSSR count). The van der Waals surface area contributed by atoms with Crippen LogP contribution < -0.4 is 4.74 Å². The Hall–Kier alpha value is -1.61. The number of hydrogen-bond acceptors (Lipinski definition) is 3. The predicted molar refractivity (Wildman–Crippen MR) is 62.9 cm³/mol. The minimum absolute atomic E-state index is 0.355. The van der Waals surface area contributed by atoms with Crippen LogP contribution in [0.5, 0.6) is 11.6 Å². The van der Waals surface area contributed by atoms with E-state index in [9.17, 15) is 0 Å². The molecule has 0 aliphatic heterocycles. The summed E-state index contributed by atoms with van der Waals surface area (Å²) in [5.74, 6) is 1.18. The van der Waals surface area contributed by atoms with Crippen LogP contribution in [0.3, 0.4) is 0 Å². The van der Waals surface area contributed by atoms with Gasteiger partial charge in [0.15, 0.2) is 0 Å². The molecule has 0 aliphatic rings. The van der Waals surface area contributed by atoms with Crippen LogP contribution in [0.1, 0.15) is 12.5 Å². The molecule has 0 fully saturated rings. The molecule has 0 unspecified atom stereocenters. The first-order valence-corrected chi connectivity index (χ1v) is 5.40. The van der Waals surface area contributed by atoms with E-state index in [1.54, 1.807) is 0 Å². The van der Waals surface area contributed by atoms with Gasteiger partial charge in [-0.25, -0.2) is 9.97 Å². The number of nitrogens with zero attached hydrogens (tertiary/aromatic N) is 2. The van der Waals surface area contributed by atoms with E-state index < -0.39 is 0 Å². The van der Waals surface area contributed by atoms with Crippen LogP contribution >= 0.6 is 11.6 Å². The number of rotatable bonds is 3. The van der Waals surface area contributed by atoms with Gasteiger partial charge in [0.05, 0.1) is 12.4 Å². The van der Waals surface area contributed by atoms with Gasteiger partial charge in [0.25, 0.3) is 0 Å². The molecule has 3 nitrogen and oxygen atoms in total. The largest absolute Gasteiger partial charge is 0.438 e. The minimum atomic E-state index is 0.355. The van der Waals surface area contributed by atoms with Gasteiger partial charge in [0.1, 0.15) is 10.9 Å². The lowest BCUT2D eigenvalue weighted by Gasteiger charge is -2.04. The van der Waals surface area contributed by atoms with Gasteiger partial charge in [0, 0.05) is 0 Å². The van der Waals surface area contributed by atoms with Crippen LogP contribution in [0.2, 0.25) is 5.15 Å². The molecule has 0 bridgehead atoms. The van der Waals surface area contributed by atoms with Gasteiger partial charge < -0.3 is 4.74 Å². The van der Waals surface area contributed by atoms with E-state index in [4.69, 9.17) is 16.3 Å². The molecule has 0 saturated heterocycles. The highest BCUT2D eigenvalue weighted by Gasteiger charge is 1.99. The molecule has 0 amide bonds. The third-order valence-corrected chi connectivity index (χ3v) is 2.35. The molecule has 0 spiro atoms. The van der Waals surface area contributed by atoms with Crippen LogP contribution in [-0.2, 0) is 6.42 Å². The molecule has 82 valence electrons. The Balaban J connectivity index is 2.11. The summed E-state index contributed by atoms with van der Waals surface area (Å²) in [7, 11) is 0. The Bertz CT molecular complexity index is 453. The maximum absolute atomic E-state index is 5.63. The van der Waals surface area contributed by atoms with Gasteiger partial charge in [0.2, 0.25) is 5.88 Å². The third-order valence-electron chi connectivity index (χ3n) is 2.15. The second-order valence-corrected chi connectivity index (χ2v) is 3.66. The van der Waals surface area contributed by atoms with Crippen LogP contribution in [-0.4, -0.2) is 9.97 Å². The quantitative estimate of drug-likeness (QED) is 0.816. The van der Waals surface area contributed by atoms with Crippen LogP contribution in [0, 0.1) is 0 Å². The number of ether oxygens (including phenoxy) is 1. The number of benzene rings is 1. The van der Waals surface area contributed by atoms with Crippen molar-refractivity contribution >= 4 is 11.6 Å². The van der Waals surface area contributed by atoms with Crippen molar-refractivity contribution in [1.29, 1.82) is 0 Å². The van der Waals surface area contributed by atoms with Crippen molar-refractivity contribution in [3.63, 3.8) is 0 Å². The molecule has 1 aromatic heterocycles. The number of hydrogen-bond donors (Lipinski definition) is 0. The summed E-state index contributed by atoms with van der Waals surface area (Å²) in [6.07, 6.45) is 3.97. The highest BCUT2D eigenvalue weighted by Crippen LogP contribution is 2.19. The normalized spacial score (nSPS) is 10.1. The Morgan fingerprint density at radius 3 is 2.44 bits per heavy atom. The molecule has 0 radical (unpaired) electrons. The molecular formula is C12H11ClN2O. The maximum atomic E-state index is 5.63. The lowest BCUT2D eigenvalue weighted by Crippen LogP contribution is -1.89. The zero-order valence-corrected chi connectivity index (χ0v) is 9.61. The highest BCUT2D eigenvalue weighted by atomic mass is 35.5. The van der Waals surface area contributed by atoms with Crippen molar-refractivity contribution in [2.24, 2.45) is 0 Å². The molecule has 2 aromatic rings. The average Bonchev–Trinajstić information content (AvgIpc) is 2.33. The summed E-state index contributed by atoms with van der Waals surface area (Å²) in [4.78, 5) is 7.89. The fourth-order valence-corrected chi connectivity index (χ4v) is 1.36. The van der Waals surface area contributed by atoms with Gasteiger partial charge in [-0.1, -0.05) is 30.7 Å². The third kappa shape index (κ3) is 2.70. The SMILES string of the molecule is CCc1ccc(Oc2cnc(Cl)cn2)cc1. The van der Waals surface area contributed by atoms with Crippen molar-refractivity contribution in [2.45, 2.75) is 13.3 Å². The van der Waals surface area contributed by atoms with Crippen molar-refractivity contribution < 1.29 is 4.74 Å². The molecule has 0 N–H and O–H groups in total. The zero-order valence-electron chi connectivity index (χ0n) is 8.85. The second-order valence-electron chi connectivity index (χ2n) is 3.28. The molecule has 1 aromatic carbocycles. The monoisotopic (exact) mass is 234 g/mol. The molecule has 0 aliphatic carbocycles. The van der Waals surface area contributed by atoms with Crippen molar-refractivity contribution in [3.05, 3.63) is 47.4 Å². The maximum Gasteiger partial charge on any atom is 0.237 e. The summed E-state index contributed by atoms with van der Waals surface area (Å²) in [5, 5.41) is 0.355. The Morgan fingerprint density at radius 1 is 1.12 bits per heavy atom. The molecular weight excluding hydrogens is 224 g/mol. The first-order valence-electron chi connectivity index (χ1n) is 5.02. The number of aryl methyl sites for hydroxylation is 1. The van der Waals surface area contributed by atoms with Crippen molar-refractivity contribution in [3.8, 4) is 11.6 Å². The van der Waals surface area contributed by atoms with Crippen LogP contribution in [0.25, 0.3) is 0 Å². The number of halogens is 1. The lowest BCUT2D eigenvalue weighted by atomic mass is 10.2. The van der Waals surface area contributed by atoms with Crippen LogP contribution in [0.15, 0.2) is 36.7 Å². The fraction of sp³-hybridized carbons (Fsp3) is 0.167. The Labute approximate surface area is 99.1 Å².